The molecule has 2 N–H and O–H groups in total. The van der Waals surface area contributed by atoms with E-state index < -0.39 is 0 Å². The third kappa shape index (κ3) is 3.07. The summed E-state index contributed by atoms with van der Waals surface area (Å²) in [5.41, 5.74) is 3.96. The Kier molecular flexibility index (Phi) is 3.79. The SMILES string of the molecule is Cc1ccc(CCC2NCCNC2=O)c(C)c1. The molecule has 3 nitrogen and oxygen atoms in total. The number of aryl methyl sites for hydroxylation is 3. The van der Waals surface area contributed by atoms with Crippen LogP contribution in [0.25, 0.3) is 0 Å². The summed E-state index contributed by atoms with van der Waals surface area (Å²) >= 11 is 0. The lowest BCUT2D eigenvalue weighted by Gasteiger charge is -2.23. The van der Waals surface area contributed by atoms with Crippen LogP contribution >= 0.6 is 0 Å². The third-order valence-electron chi connectivity index (χ3n) is 3.33. The minimum atomic E-state index is -0.0237. The number of nitrogens with one attached hydrogen (secondary N) is 2. The van der Waals surface area contributed by atoms with Crippen LogP contribution in [-0.4, -0.2) is 25.0 Å². The Hall–Kier alpha value is -1.35. The number of carbonyl (C=O) groups is 1. The first kappa shape index (κ1) is 12.1. The van der Waals surface area contributed by atoms with E-state index in [0.29, 0.717) is 0 Å². The van der Waals surface area contributed by atoms with E-state index >= 15 is 0 Å². The summed E-state index contributed by atoms with van der Waals surface area (Å²) in [4.78, 5) is 11.6. The summed E-state index contributed by atoms with van der Waals surface area (Å²) in [6.45, 7) is 5.87. The van der Waals surface area contributed by atoms with Crippen LogP contribution in [-0.2, 0) is 11.2 Å². The number of rotatable bonds is 3. The van der Waals surface area contributed by atoms with Crippen LogP contribution in [0.2, 0.25) is 0 Å². The first-order valence-electron chi connectivity index (χ1n) is 6.24. The average Bonchev–Trinajstić information content (AvgIpc) is 2.30. The third-order valence-corrected chi connectivity index (χ3v) is 3.33. The zero-order valence-corrected chi connectivity index (χ0v) is 10.5. The van der Waals surface area contributed by atoms with Gasteiger partial charge in [0, 0.05) is 13.1 Å². The van der Waals surface area contributed by atoms with E-state index in [1.165, 1.54) is 16.7 Å². The van der Waals surface area contributed by atoms with Crippen molar-refractivity contribution < 1.29 is 4.79 Å². The molecule has 1 atom stereocenters. The smallest absolute Gasteiger partial charge is 0.237 e. The van der Waals surface area contributed by atoms with E-state index in [4.69, 9.17) is 0 Å². The van der Waals surface area contributed by atoms with Gasteiger partial charge >= 0.3 is 0 Å². The summed E-state index contributed by atoms with van der Waals surface area (Å²) in [7, 11) is 0. The van der Waals surface area contributed by atoms with Crippen molar-refractivity contribution in [3.05, 3.63) is 34.9 Å². The van der Waals surface area contributed by atoms with Crippen LogP contribution in [0.4, 0.5) is 0 Å². The molecule has 0 spiro atoms. The lowest BCUT2D eigenvalue weighted by Crippen LogP contribution is -2.52. The summed E-state index contributed by atoms with van der Waals surface area (Å²) in [5.74, 6) is 0.140. The van der Waals surface area contributed by atoms with Crippen molar-refractivity contribution in [2.24, 2.45) is 0 Å². The van der Waals surface area contributed by atoms with Gasteiger partial charge in [0.15, 0.2) is 0 Å². The molecule has 0 radical (unpaired) electrons. The number of hydrogen-bond donors (Lipinski definition) is 2. The Morgan fingerprint density at radius 1 is 1.29 bits per heavy atom. The van der Waals surface area contributed by atoms with Crippen molar-refractivity contribution in [1.82, 2.24) is 10.6 Å². The largest absolute Gasteiger partial charge is 0.353 e. The van der Waals surface area contributed by atoms with Crippen LogP contribution < -0.4 is 10.6 Å². The first-order valence-corrected chi connectivity index (χ1v) is 6.24. The lowest BCUT2D eigenvalue weighted by molar-refractivity contribution is -0.124. The molecule has 1 heterocycles. The topological polar surface area (TPSA) is 41.1 Å². The number of carbonyl (C=O) groups excluding carboxylic acids is 1. The number of benzene rings is 1. The quantitative estimate of drug-likeness (QED) is 0.825. The Bertz CT molecular complexity index is 415. The zero-order chi connectivity index (χ0) is 12.3. The zero-order valence-electron chi connectivity index (χ0n) is 10.5. The summed E-state index contributed by atoms with van der Waals surface area (Å²) in [6.07, 6.45) is 1.83. The van der Waals surface area contributed by atoms with E-state index in [0.717, 1.165) is 25.9 Å². The maximum Gasteiger partial charge on any atom is 0.237 e. The highest BCUT2D eigenvalue weighted by molar-refractivity contribution is 5.82. The molecule has 1 aliphatic rings. The number of amides is 1. The van der Waals surface area contributed by atoms with Gasteiger partial charge in [-0.25, -0.2) is 0 Å². The first-order chi connectivity index (χ1) is 8.16. The summed E-state index contributed by atoms with van der Waals surface area (Å²) < 4.78 is 0. The van der Waals surface area contributed by atoms with Gasteiger partial charge in [-0.2, -0.15) is 0 Å². The molecule has 1 saturated heterocycles. The van der Waals surface area contributed by atoms with Gasteiger partial charge in [-0.1, -0.05) is 23.8 Å². The second kappa shape index (κ2) is 5.32. The second-order valence-electron chi connectivity index (χ2n) is 4.77. The monoisotopic (exact) mass is 232 g/mol. The molecular formula is C14H20N2O. The molecule has 1 fully saturated rings. The van der Waals surface area contributed by atoms with Gasteiger partial charge < -0.3 is 10.6 Å². The highest BCUT2D eigenvalue weighted by atomic mass is 16.2. The number of piperazine rings is 1. The molecule has 0 bridgehead atoms. The molecule has 0 saturated carbocycles. The highest BCUT2D eigenvalue weighted by Crippen LogP contribution is 2.13. The maximum atomic E-state index is 11.6. The number of hydrogen-bond acceptors (Lipinski definition) is 2. The second-order valence-corrected chi connectivity index (χ2v) is 4.77. The van der Waals surface area contributed by atoms with Crippen LogP contribution in [0.5, 0.6) is 0 Å². The normalized spacial score (nSPS) is 20.1. The maximum absolute atomic E-state index is 11.6. The van der Waals surface area contributed by atoms with Gasteiger partial charge in [0.25, 0.3) is 0 Å². The van der Waals surface area contributed by atoms with Crippen LogP contribution in [0.3, 0.4) is 0 Å². The average molecular weight is 232 g/mol. The van der Waals surface area contributed by atoms with Crippen molar-refractivity contribution in [3.63, 3.8) is 0 Å². The van der Waals surface area contributed by atoms with Crippen molar-refractivity contribution in [1.29, 1.82) is 0 Å². The van der Waals surface area contributed by atoms with Gasteiger partial charge in [-0.05, 0) is 37.8 Å². The fraction of sp³-hybridized carbons (Fsp3) is 0.500. The van der Waals surface area contributed by atoms with Crippen molar-refractivity contribution in [3.8, 4) is 0 Å². The molecule has 1 aromatic carbocycles. The minimum absolute atomic E-state index is 0.0237. The Morgan fingerprint density at radius 2 is 2.12 bits per heavy atom. The molecule has 1 aromatic rings. The molecule has 0 aromatic heterocycles. The fourth-order valence-corrected chi connectivity index (χ4v) is 2.31. The van der Waals surface area contributed by atoms with E-state index in [-0.39, 0.29) is 11.9 Å². The fourth-order valence-electron chi connectivity index (χ4n) is 2.31. The summed E-state index contributed by atoms with van der Waals surface area (Å²) in [5, 5.41) is 6.15. The molecule has 1 amide bonds. The van der Waals surface area contributed by atoms with Crippen molar-refractivity contribution in [2.45, 2.75) is 32.7 Å². The van der Waals surface area contributed by atoms with E-state index in [9.17, 15) is 4.79 Å². The molecular weight excluding hydrogens is 212 g/mol. The Labute approximate surface area is 103 Å². The van der Waals surface area contributed by atoms with Gasteiger partial charge in [-0.15, -0.1) is 0 Å². The van der Waals surface area contributed by atoms with Crippen LogP contribution in [0.15, 0.2) is 18.2 Å². The standard InChI is InChI=1S/C14H20N2O/c1-10-3-4-12(11(2)9-10)5-6-13-14(17)16-8-7-15-13/h3-4,9,13,15H,5-8H2,1-2H3,(H,16,17). The van der Waals surface area contributed by atoms with Gasteiger partial charge in [0.05, 0.1) is 6.04 Å². The molecule has 2 rings (SSSR count). The van der Waals surface area contributed by atoms with Crippen molar-refractivity contribution in [2.75, 3.05) is 13.1 Å². The molecule has 1 unspecified atom stereocenters. The minimum Gasteiger partial charge on any atom is -0.353 e. The molecule has 1 aliphatic heterocycles. The molecule has 0 aliphatic carbocycles. The van der Waals surface area contributed by atoms with E-state index in [2.05, 4.69) is 42.7 Å². The Morgan fingerprint density at radius 3 is 2.82 bits per heavy atom. The molecule has 92 valence electrons. The summed E-state index contributed by atoms with van der Waals surface area (Å²) in [6, 6.07) is 6.48. The van der Waals surface area contributed by atoms with Crippen LogP contribution in [0, 0.1) is 13.8 Å². The molecule has 3 heteroatoms. The molecule has 17 heavy (non-hydrogen) atoms. The lowest BCUT2D eigenvalue weighted by atomic mass is 9.98. The van der Waals surface area contributed by atoms with Gasteiger partial charge in [0.2, 0.25) is 5.91 Å². The van der Waals surface area contributed by atoms with E-state index in [1.54, 1.807) is 0 Å². The van der Waals surface area contributed by atoms with Gasteiger partial charge in [0.1, 0.15) is 0 Å². The predicted octanol–water partition coefficient (Wildman–Crippen LogP) is 1.32. The van der Waals surface area contributed by atoms with Gasteiger partial charge in [-0.3, -0.25) is 4.79 Å². The highest BCUT2D eigenvalue weighted by Gasteiger charge is 2.20. The Balaban J connectivity index is 1.95. The van der Waals surface area contributed by atoms with E-state index in [1.807, 2.05) is 0 Å². The van der Waals surface area contributed by atoms with Crippen LogP contribution in [0.1, 0.15) is 23.1 Å². The predicted molar refractivity (Wildman–Crippen MR) is 69.0 cm³/mol. The van der Waals surface area contributed by atoms with Crippen molar-refractivity contribution >= 4 is 5.91 Å².